The summed E-state index contributed by atoms with van der Waals surface area (Å²) in [5, 5.41) is 0. The van der Waals surface area contributed by atoms with Crippen LogP contribution in [-0.2, 0) is 15.6 Å². The third kappa shape index (κ3) is 5.83. The van der Waals surface area contributed by atoms with Crippen molar-refractivity contribution in [3.63, 3.8) is 0 Å². The van der Waals surface area contributed by atoms with Crippen molar-refractivity contribution in [1.82, 2.24) is 0 Å². The van der Waals surface area contributed by atoms with E-state index in [2.05, 4.69) is 0 Å². The van der Waals surface area contributed by atoms with E-state index in [1.54, 1.807) is 0 Å². The van der Waals surface area contributed by atoms with Gasteiger partial charge in [0.2, 0.25) is 0 Å². The minimum atomic E-state index is -5.07. The van der Waals surface area contributed by atoms with Crippen molar-refractivity contribution in [3.8, 4) is 0 Å². The Balaban J connectivity index is 0.00000225. The van der Waals surface area contributed by atoms with Crippen LogP contribution in [0.1, 0.15) is 5.56 Å². The summed E-state index contributed by atoms with van der Waals surface area (Å²) < 4.78 is 58.7. The molecule has 0 fully saturated rings. The van der Waals surface area contributed by atoms with Crippen LogP contribution in [0.2, 0.25) is 0 Å². The summed E-state index contributed by atoms with van der Waals surface area (Å²) in [6, 6.07) is 4.39. The Bertz CT molecular complexity index is 459. The van der Waals surface area contributed by atoms with Crippen LogP contribution in [0.15, 0.2) is 24.3 Å². The maximum Gasteiger partial charge on any atom is 1.00 e. The minimum Gasteiger partial charge on any atom is -0.445 e. The van der Waals surface area contributed by atoms with Crippen LogP contribution < -0.4 is 56.8 Å². The average molecular weight is 276 g/mol. The first kappa shape index (κ1) is 16.7. The number of halogens is 3. The van der Waals surface area contributed by atoms with E-state index in [0.717, 1.165) is 18.4 Å². The van der Waals surface area contributed by atoms with Gasteiger partial charge >= 0.3 is 58.4 Å². The molecule has 0 aliphatic carbocycles. The van der Waals surface area contributed by atoms with Crippen LogP contribution in [0, 0.1) is 0 Å². The van der Waals surface area contributed by atoms with Crippen LogP contribution in [0.5, 0.6) is 0 Å². The Morgan fingerprint density at radius 2 is 1.81 bits per heavy atom. The molecule has 0 aliphatic heterocycles. The van der Waals surface area contributed by atoms with Crippen molar-refractivity contribution in [1.29, 1.82) is 0 Å². The van der Waals surface area contributed by atoms with Gasteiger partial charge in [0, 0.05) is 6.26 Å². The van der Waals surface area contributed by atoms with E-state index in [0.29, 0.717) is 0 Å². The van der Waals surface area contributed by atoms with Crippen LogP contribution >= 0.6 is 0 Å². The predicted molar refractivity (Wildman–Crippen MR) is 53.7 cm³/mol. The van der Waals surface area contributed by atoms with E-state index in [9.17, 15) is 21.4 Å². The van der Waals surface area contributed by atoms with Gasteiger partial charge in [0.15, 0.2) is 9.84 Å². The zero-order valence-corrected chi connectivity index (χ0v) is 12.9. The maximum atomic E-state index is 12.3. The molecule has 0 unspecified atom stereocenters. The average Bonchev–Trinajstić information content (AvgIpc) is 1.99. The Labute approximate surface area is 135 Å². The molecule has 1 aromatic carbocycles. The Morgan fingerprint density at radius 1 is 1.25 bits per heavy atom. The molecule has 0 saturated carbocycles. The molecule has 0 atom stereocenters. The smallest absolute Gasteiger partial charge is 0.445 e. The number of hydrogen-bond acceptors (Lipinski definition) is 2. The summed E-state index contributed by atoms with van der Waals surface area (Å²) in [4.78, 5) is 0. The number of hydrogen-bond donors (Lipinski definition) is 0. The molecule has 16 heavy (non-hydrogen) atoms. The summed E-state index contributed by atoms with van der Waals surface area (Å²) in [5.74, 6) is -0.368. The second-order valence-electron chi connectivity index (χ2n) is 3.39. The molecule has 1 rings (SSSR count). The predicted octanol–water partition coefficient (Wildman–Crippen LogP) is -1.71. The van der Waals surface area contributed by atoms with E-state index in [1.807, 2.05) is 0 Å². The third-order valence-electron chi connectivity index (χ3n) is 1.76. The minimum absolute atomic E-state index is 0. The molecule has 0 bridgehead atoms. The fraction of sp³-hybridized carbons (Fsp3) is 0.250. The molecule has 0 saturated heterocycles. The molecule has 2 nitrogen and oxygen atoms in total. The zero-order valence-electron chi connectivity index (χ0n) is 8.95. The van der Waals surface area contributed by atoms with E-state index in [-0.39, 0.29) is 62.7 Å². The normalized spacial score (nSPS) is 12.0. The van der Waals surface area contributed by atoms with Gasteiger partial charge in [0.05, 0.1) is 5.75 Å². The molecular formula is C8H9BF3KO2S. The summed E-state index contributed by atoms with van der Waals surface area (Å²) in [5.41, 5.74) is -0.606. The van der Waals surface area contributed by atoms with Crippen molar-refractivity contribution in [2.45, 2.75) is 5.75 Å². The molecule has 0 N–H and O–H groups in total. The maximum absolute atomic E-state index is 12.3. The van der Waals surface area contributed by atoms with Crippen molar-refractivity contribution in [2.24, 2.45) is 0 Å². The van der Waals surface area contributed by atoms with Crippen LogP contribution in [0.25, 0.3) is 0 Å². The van der Waals surface area contributed by atoms with E-state index in [1.165, 1.54) is 12.1 Å². The van der Waals surface area contributed by atoms with Gasteiger partial charge in [0.25, 0.3) is 0 Å². The first-order valence-electron chi connectivity index (χ1n) is 4.15. The van der Waals surface area contributed by atoms with E-state index in [4.69, 9.17) is 0 Å². The van der Waals surface area contributed by atoms with E-state index >= 15 is 0 Å². The largest absolute Gasteiger partial charge is 1.00 e. The first-order chi connectivity index (χ1) is 6.68. The zero-order chi connectivity index (χ0) is 11.7. The third-order valence-corrected chi connectivity index (χ3v) is 2.62. The Morgan fingerprint density at radius 3 is 2.25 bits per heavy atom. The number of benzene rings is 1. The van der Waals surface area contributed by atoms with E-state index < -0.39 is 22.3 Å². The van der Waals surface area contributed by atoms with Crippen LogP contribution in [0.3, 0.4) is 0 Å². The van der Waals surface area contributed by atoms with Gasteiger partial charge in [-0.25, -0.2) is 8.42 Å². The van der Waals surface area contributed by atoms with Crippen molar-refractivity contribution in [3.05, 3.63) is 29.8 Å². The van der Waals surface area contributed by atoms with Crippen molar-refractivity contribution >= 4 is 22.3 Å². The number of rotatable bonds is 3. The standard InChI is InChI=1S/C8H9BF3O2S.K/c1-15(13,14)6-7-3-2-4-8(5-7)9(10,11)12;/h2-5H,6H2,1H3;/q-1;+1. The molecule has 0 radical (unpaired) electrons. The molecule has 0 heterocycles. The molecule has 8 heteroatoms. The summed E-state index contributed by atoms with van der Waals surface area (Å²) in [7, 11) is -3.30. The van der Waals surface area contributed by atoms with Gasteiger partial charge in [-0.15, -0.1) is 5.46 Å². The van der Waals surface area contributed by atoms with Gasteiger partial charge in [-0.1, -0.05) is 24.3 Å². The number of sulfone groups is 1. The molecular weight excluding hydrogens is 267 g/mol. The van der Waals surface area contributed by atoms with Gasteiger partial charge < -0.3 is 12.9 Å². The fourth-order valence-electron chi connectivity index (χ4n) is 1.19. The summed E-state index contributed by atoms with van der Waals surface area (Å²) in [6.07, 6.45) is 0.985. The topological polar surface area (TPSA) is 34.1 Å². The van der Waals surface area contributed by atoms with Crippen LogP contribution in [0.4, 0.5) is 12.9 Å². The Hall–Kier alpha value is 0.661. The molecule has 0 spiro atoms. The summed E-state index contributed by atoms with van der Waals surface area (Å²) >= 11 is 0. The van der Waals surface area contributed by atoms with Gasteiger partial charge in [-0.3, -0.25) is 0 Å². The monoisotopic (exact) mass is 276 g/mol. The SMILES string of the molecule is CS(=O)(=O)Cc1cccc([B-](F)(F)F)c1.[K+]. The van der Waals surface area contributed by atoms with Gasteiger partial charge in [-0.05, 0) is 5.56 Å². The summed E-state index contributed by atoms with van der Waals surface area (Å²) in [6.45, 7) is -5.07. The Kier molecular flexibility index (Phi) is 6.26. The van der Waals surface area contributed by atoms with Gasteiger partial charge in [-0.2, -0.15) is 0 Å². The molecule has 0 aliphatic rings. The molecule has 1 aromatic rings. The first-order valence-corrected chi connectivity index (χ1v) is 6.21. The molecule has 0 amide bonds. The van der Waals surface area contributed by atoms with Crippen molar-refractivity contribution < 1.29 is 72.7 Å². The molecule has 0 aromatic heterocycles. The van der Waals surface area contributed by atoms with Gasteiger partial charge in [0.1, 0.15) is 0 Å². The second kappa shape index (κ2) is 6.01. The second-order valence-corrected chi connectivity index (χ2v) is 5.53. The van der Waals surface area contributed by atoms with Crippen molar-refractivity contribution in [2.75, 3.05) is 6.26 Å². The van der Waals surface area contributed by atoms with Crippen LogP contribution in [-0.4, -0.2) is 21.7 Å². The quantitative estimate of drug-likeness (QED) is 0.616. The fourth-order valence-corrected chi connectivity index (χ4v) is 1.97. The molecule has 84 valence electrons.